The van der Waals surface area contributed by atoms with E-state index in [0.717, 1.165) is 18.2 Å². The van der Waals surface area contributed by atoms with Crippen molar-refractivity contribution in [1.29, 1.82) is 0 Å². The Hall–Kier alpha value is -0.860. The van der Waals surface area contributed by atoms with Gasteiger partial charge in [0.25, 0.3) is 0 Å². The number of H-pyrrole nitrogens is 1. The molecule has 0 atom stereocenters. The van der Waals surface area contributed by atoms with Gasteiger partial charge in [-0.3, -0.25) is 5.10 Å². The molecule has 1 N–H and O–H groups in total. The normalized spacial score (nSPS) is 18.2. The summed E-state index contributed by atoms with van der Waals surface area (Å²) in [4.78, 5) is 4.03. The van der Waals surface area contributed by atoms with Crippen LogP contribution in [-0.4, -0.2) is 15.2 Å². The minimum atomic E-state index is 0.890. The lowest BCUT2D eigenvalue weighted by Crippen LogP contribution is -1.88. The van der Waals surface area contributed by atoms with Crippen LogP contribution in [0.3, 0.4) is 0 Å². The van der Waals surface area contributed by atoms with E-state index in [2.05, 4.69) is 15.2 Å². The van der Waals surface area contributed by atoms with Gasteiger partial charge in [0.05, 0.1) is 0 Å². The average molecular weight is 123 g/mol. The van der Waals surface area contributed by atoms with E-state index >= 15 is 0 Å². The van der Waals surface area contributed by atoms with Crippen LogP contribution >= 0.6 is 0 Å². The Labute approximate surface area is 53.5 Å². The minimum absolute atomic E-state index is 0.890. The van der Waals surface area contributed by atoms with Crippen molar-refractivity contribution >= 4 is 0 Å². The number of rotatable bonds is 2. The highest BCUT2D eigenvalue weighted by molar-refractivity contribution is 4.88. The van der Waals surface area contributed by atoms with Crippen molar-refractivity contribution in [3.8, 4) is 0 Å². The van der Waals surface area contributed by atoms with Crippen LogP contribution in [0.4, 0.5) is 0 Å². The third-order valence-corrected chi connectivity index (χ3v) is 1.63. The lowest BCUT2D eigenvalue weighted by molar-refractivity contribution is 0.774. The maximum Gasteiger partial charge on any atom is 0.150 e. The maximum absolute atomic E-state index is 4.03. The van der Waals surface area contributed by atoms with Gasteiger partial charge in [-0.2, -0.15) is 5.10 Å². The smallest absolute Gasteiger partial charge is 0.150 e. The molecule has 9 heavy (non-hydrogen) atoms. The van der Waals surface area contributed by atoms with E-state index in [0.29, 0.717) is 0 Å². The van der Waals surface area contributed by atoms with Crippen LogP contribution in [0.5, 0.6) is 0 Å². The number of aromatic nitrogens is 3. The first kappa shape index (κ1) is 4.97. The lowest BCUT2D eigenvalue weighted by atomic mass is 10.3. The molecule has 3 heteroatoms. The average Bonchev–Trinajstić information content (AvgIpc) is 2.46. The first-order valence-electron chi connectivity index (χ1n) is 3.30. The highest BCUT2D eigenvalue weighted by atomic mass is 15.2. The van der Waals surface area contributed by atoms with E-state index in [-0.39, 0.29) is 0 Å². The molecule has 1 aliphatic rings. The first-order valence-corrected chi connectivity index (χ1v) is 3.30. The Balaban J connectivity index is 1.99. The Morgan fingerprint density at radius 1 is 1.67 bits per heavy atom. The first-order chi connectivity index (χ1) is 4.45. The monoisotopic (exact) mass is 123 g/mol. The summed E-state index contributed by atoms with van der Waals surface area (Å²) in [7, 11) is 0. The number of hydrogen-bond acceptors (Lipinski definition) is 2. The predicted molar refractivity (Wildman–Crippen MR) is 32.8 cm³/mol. The van der Waals surface area contributed by atoms with Crippen LogP contribution in [0.1, 0.15) is 18.7 Å². The summed E-state index contributed by atoms with van der Waals surface area (Å²) in [5.41, 5.74) is 0. The second-order valence-electron chi connectivity index (χ2n) is 2.56. The largest absolute Gasteiger partial charge is 0.266 e. The molecule has 1 heterocycles. The molecule has 0 amide bonds. The van der Waals surface area contributed by atoms with Gasteiger partial charge < -0.3 is 0 Å². The summed E-state index contributed by atoms with van der Waals surface area (Å²) in [6.07, 6.45) is 5.45. The SMILES string of the molecule is c1nc(CC2CC2)n[nH]1. The van der Waals surface area contributed by atoms with Gasteiger partial charge in [-0.1, -0.05) is 0 Å². The summed E-state index contributed by atoms with van der Waals surface area (Å²) in [6.45, 7) is 0. The van der Waals surface area contributed by atoms with Crippen LogP contribution in [0.2, 0.25) is 0 Å². The molecule has 48 valence electrons. The molecular formula is C6H9N3. The zero-order valence-electron chi connectivity index (χ0n) is 5.17. The number of nitrogens with one attached hydrogen (secondary N) is 1. The summed E-state index contributed by atoms with van der Waals surface area (Å²) in [5.74, 6) is 1.86. The third kappa shape index (κ3) is 1.09. The molecule has 0 aliphatic heterocycles. The Bertz CT molecular complexity index is 176. The highest BCUT2D eigenvalue weighted by Gasteiger charge is 2.22. The maximum atomic E-state index is 4.03. The van der Waals surface area contributed by atoms with Crippen molar-refractivity contribution in [2.45, 2.75) is 19.3 Å². The molecule has 3 nitrogen and oxygen atoms in total. The Morgan fingerprint density at radius 2 is 2.56 bits per heavy atom. The second-order valence-corrected chi connectivity index (χ2v) is 2.56. The van der Waals surface area contributed by atoms with Crippen molar-refractivity contribution in [2.75, 3.05) is 0 Å². The molecule has 1 fully saturated rings. The van der Waals surface area contributed by atoms with E-state index in [1.54, 1.807) is 6.33 Å². The third-order valence-electron chi connectivity index (χ3n) is 1.63. The summed E-state index contributed by atoms with van der Waals surface area (Å²) >= 11 is 0. The molecule has 1 saturated carbocycles. The lowest BCUT2D eigenvalue weighted by Gasteiger charge is -1.85. The van der Waals surface area contributed by atoms with Crippen LogP contribution in [-0.2, 0) is 6.42 Å². The predicted octanol–water partition coefficient (Wildman–Crippen LogP) is 0.757. The van der Waals surface area contributed by atoms with E-state index in [1.165, 1.54) is 12.8 Å². The van der Waals surface area contributed by atoms with Crippen LogP contribution in [0, 0.1) is 5.92 Å². The Morgan fingerprint density at radius 3 is 3.11 bits per heavy atom. The molecule has 0 aromatic carbocycles. The van der Waals surface area contributed by atoms with E-state index in [9.17, 15) is 0 Å². The van der Waals surface area contributed by atoms with E-state index < -0.39 is 0 Å². The van der Waals surface area contributed by atoms with Gasteiger partial charge in [-0.25, -0.2) is 4.98 Å². The standard InChI is InChI=1S/C6H9N3/c1-2-5(1)3-6-7-4-8-9-6/h4-5H,1-3H2,(H,7,8,9). The van der Waals surface area contributed by atoms with Crippen LogP contribution < -0.4 is 0 Å². The van der Waals surface area contributed by atoms with Gasteiger partial charge in [0.1, 0.15) is 6.33 Å². The molecule has 1 aromatic rings. The summed E-state index contributed by atoms with van der Waals surface area (Å²) in [5, 5.41) is 6.66. The van der Waals surface area contributed by atoms with Crippen LogP contribution in [0.15, 0.2) is 6.33 Å². The fourth-order valence-corrected chi connectivity index (χ4v) is 0.914. The van der Waals surface area contributed by atoms with Gasteiger partial charge in [-0.05, 0) is 18.8 Å². The highest BCUT2D eigenvalue weighted by Crippen LogP contribution is 2.31. The zero-order chi connectivity index (χ0) is 6.10. The number of hydrogen-bond donors (Lipinski definition) is 1. The number of aromatic amines is 1. The molecule has 0 saturated heterocycles. The van der Waals surface area contributed by atoms with Gasteiger partial charge >= 0.3 is 0 Å². The van der Waals surface area contributed by atoms with Gasteiger partial charge in [0, 0.05) is 6.42 Å². The molecule has 1 aliphatic carbocycles. The van der Waals surface area contributed by atoms with Crippen molar-refractivity contribution in [3.63, 3.8) is 0 Å². The fraction of sp³-hybridized carbons (Fsp3) is 0.667. The van der Waals surface area contributed by atoms with Crippen molar-refractivity contribution in [3.05, 3.63) is 12.2 Å². The van der Waals surface area contributed by atoms with E-state index in [1.807, 2.05) is 0 Å². The van der Waals surface area contributed by atoms with Gasteiger partial charge in [0.2, 0.25) is 0 Å². The second kappa shape index (κ2) is 1.83. The molecule has 1 aromatic heterocycles. The molecular weight excluding hydrogens is 114 g/mol. The summed E-state index contributed by atoms with van der Waals surface area (Å²) < 4.78 is 0. The topological polar surface area (TPSA) is 41.6 Å². The van der Waals surface area contributed by atoms with E-state index in [4.69, 9.17) is 0 Å². The fourth-order valence-electron chi connectivity index (χ4n) is 0.914. The van der Waals surface area contributed by atoms with Crippen molar-refractivity contribution in [2.24, 2.45) is 5.92 Å². The molecule has 0 unspecified atom stereocenters. The zero-order valence-corrected chi connectivity index (χ0v) is 5.17. The minimum Gasteiger partial charge on any atom is -0.266 e. The molecule has 2 rings (SSSR count). The molecule has 0 spiro atoms. The van der Waals surface area contributed by atoms with Crippen molar-refractivity contribution in [1.82, 2.24) is 15.2 Å². The van der Waals surface area contributed by atoms with Gasteiger partial charge in [-0.15, -0.1) is 0 Å². The molecule has 0 bridgehead atoms. The van der Waals surface area contributed by atoms with Crippen LogP contribution in [0.25, 0.3) is 0 Å². The van der Waals surface area contributed by atoms with Gasteiger partial charge in [0.15, 0.2) is 5.82 Å². The van der Waals surface area contributed by atoms with Crippen molar-refractivity contribution < 1.29 is 0 Å². The Kier molecular flexibility index (Phi) is 1.01. The number of nitrogens with zero attached hydrogens (tertiary/aromatic N) is 2. The molecule has 0 radical (unpaired) electrons. The quantitative estimate of drug-likeness (QED) is 0.630. The summed E-state index contributed by atoms with van der Waals surface area (Å²) in [6, 6.07) is 0.